The summed E-state index contributed by atoms with van der Waals surface area (Å²) in [5, 5.41) is 9.11. The highest BCUT2D eigenvalue weighted by atomic mass is 16.6. The molecule has 0 aromatic rings. The Kier molecular flexibility index (Phi) is 6.45. The van der Waals surface area contributed by atoms with Crippen LogP contribution in [-0.2, 0) is 23.9 Å². The molecule has 2 saturated heterocycles. The van der Waals surface area contributed by atoms with Gasteiger partial charge in [-0.25, -0.2) is 0 Å². The van der Waals surface area contributed by atoms with E-state index in [0.717, 1.165) is 19.3 Å². The van der Waals surface area contributed by atoms with Crippen LogP contribution in [0.2, 0.25) is 0 Å². The van der Waals surface area contributed by atoms with Crippen LogP contribution in [0.3, 0.4) is 0 Å². The average molecular weight is 447 g/mol. The molecule has 0 bridgehead atoms. The summed E-state index contributed by atoms with van der Waals surface area (Å²) < 4.78 is 12.0. The largest absolute Gasteiger partial charge is 0.461 e. The van der Waals surface area contributed by atoms with E-state index >= 15 is 0 Å². The van der Waals surface area contributed by atoms with Crippen molar-refractivity contribution in [2.45, 2.75) is 63.2 Å². The zero-order chi connectivity index (χ0) is 22.9. The molecule has 1 N–H and O–H groups in total. The Morgan fingerprint density at radius 3 is 2.59 bits per heavy atom. The van der Waals surface area contributed by atoms with Crippen LogP contribution in [-0.4, -0.2) is 82.8 Å². The molecule has 8 heteroatoms. The number of hydrogen-bond donors (Lipinski definition) is 1. The van der Waals surface area contributed by atoms with Gasteiger partial charge in [-0.05, 0) is 38.7 Å². The molecule has 1 unspecified atom stereocenters. The van der Waals surface area contributed by atoms with Crippen LogP contribution in [0.1, 0.15) is 46.0 Å². The van der Waals surface area contributed by atoms with Crippen molar-refractivity contribution in [1.29, 1.82) is 0 Å². The first-order valence-electron chi connectivity index (χ1n) is 11.8. The van der Waals surface area contributed by atoms with Crippen LogP contribution in [0.4, 0.5) is 0 Å². The van der Waals surface area contributed by atoms with Crippen molar-refractivity contribution in [1.82, 2.24) is 9.80 Å². The van der Waals surface area contributed by atoms with E-state index in [1.807, 2.05) is 25.2 Å². The summed E-state index contributed by atoms with van der Waals surface area (Å²) in [4.78, 5) is 44.0. The number of rotatable bonds is 8. The van der Waals surface area contributed by atoms with Gasteiger partial charge in [0.05, 0.1) is 11.5 Å². The topological polar surface area (TPSA) is 96.4 Å². The number of unbranched alkanes of at least 4 members (excludes halogenated alkanes) is 3. The zero-order valence-corrected chi connectivity index (χ0v) is 19.0. The van der Waals surface area contributed by atoms with E-state index in [9.17, 15) is 14.4 Å². The lowest BCUT2D eigenvalue weighted by Crippen LogP contribution is -2.56. The van der Waals surface area contributed by atoms with Crippen LogP contribution < -0.4 is 0 Å². The van der Waals surface area contributed by atoms with Crippen molar-refractivity contribution in [3.05, 3.63) is 24.3 Å². The zero-order valence-electron chi connectivity index (χ0n) is 19.0. The lowest BCUT2D eigenvalue weighted by atomic mass is 9.75. The SMILES string of the molecule is CCCCN1CC=C[C@]23O[C@@]4(C)C=CCOC(=O)[C@H]4[C@H]2C(=O)N(CCCCCO)C3C1=O. The second-order valence-electron chi connectivity index (χ2n) is 9.39. The Hall–Kier alpha value is -2.19. The number of cyclic esters (lactones) is 1. The minimum atomic E-state index is -1.20. The fourth-order valence-corrected chi connectivity index (χ4v) is 5.76. The molecule has 8 nitrogen and oxygen atoms in total. The smallest absolute Gasteiger partial charge is 0.313 e. The number of aliphatic hydroxyl groups excluding tert-OH is 1. The minimum Gasteiger partial charge on any atom is -0.461 e. The molecular formula is C24H34N2O6. The quantitative estimate of drug-likeness (QED) is 0.344. The van der Waals surface area contributed by atoms with Crippen LogP contribution in [0.25, 0.3) is 0 Å². The van der Waals surface area contributed by atoms with Crippen LogP contribution in [0.15, 0.2) is 24.3 Å². The first-order valence-corrected chi connectivity index (χ1v) is 11.8. The molecule has 0 aromatic heterocycles. The molecule has 4 heterocycles. The van der Waals surface area contributed by atoms with Crippen molar-refractivity contribution in [2.24, 2.45) is 11.8 Å². The van der Waals surface area contributed by atoms with Gasteiger partial charge < -0.3 is 24.4 Å². The lowest BCUT2D eigenvalue weighted by molar-refractivity contribution is -0.157. The van der Waals surface area contributed by atoms with Gasteiger partial charge in [0, 0.05) is 26.2 Å². The summed E-state index contributed by atoms with van der Waals surface area (Å²) in [6, 6.07) is -0.810. The fraction of sp³-hybridized carbons (Fsp3) is 0.708. The van der Waals surface area contributed by atoms with E-state index in [-0.39, 0.29) is 25.0 Å². The lowest BCUT2D eigenvalue weighted by Gasteiger charge is -2.37. The third-order valence-electron chi connectivity index (χ3n) is 7.23. The number of nitrogens with zero attached hydrogens (tertiary/aromatic N) is 2. The van der Waals surface area contributed by atoms with Gasteiger partial charge in [0.2, 0.25) is 11.8 Å². The van der Waals surface area contributed by atoms with Gasteiger partial charge in [0.25, 0.3) is 0 Å². The summed E-state index contributed by atoms with van der Waals surface area (Å²) in [6.07, 6.45) is 11.2. The highest BCUT2D eigenvalue weighted by molar-refractivity contribution is 5.99. The molecule has 0 saturated carbocycles. The minimum absolute atomic E-state index is 0.0954. The molecule has 0 radical (unpaired) electrons. The number of esters is 1. The first kappa shape index (κ1) is 23.0. The Morgan fingerprint density at radius 2 is 1.84 bits per heavy atom. The molecule has 4 aliphatic heterocycles. The van der Waals surface area contributed by atoms with Crippen LogP contribution in [0.5, 0.6) is 0 Å². The number of carbonyl (C=O) groups is 3. The number of ether oxygens (including phenoxy) is 2. The van der Waals surface area contributed by atoms with E-state index < -0.39 is 35.0 Å². The molecular weight excluding hydrogens is 412 g/mol. The third kappa shape index (κ3) is 3.57. The standard InChI is InChI=1S/C24H34N2O6/c1-3-4-12-25-13-8-11-24-17(18-22(30)31-16-9-10-23(18,2)32-24)20(28)26(19(24)21(25)29)14-6-5-7-15-27/h8-11,17-19,27H,3-7,12-16H2,1-2H3/t17-,18+,19?,23-,24-/m0/s1. The molecule has 2 amide bonds. The predicted octanol–water partition coefficient (Wildman–Crippen LogP) is 1.43. The van der Waals surface area contributed by atoms with Crippen molar-refractivity contribution >= 4 is 17.8 Å². The number of fused-ring (bicyclic) bond motifs is 2. The van der Waals surface area contributed by atoms with Gasteiger partial charge in [0.1, 0.15) is 24.2 Å². The molecule has 0 aromatic carbocycles. The number of carbonyl (C=O) groups excluding carboxylic acids is 3. The maximum atomic E-state index is 13.8. The van der Waals surface area contributed by atoms with Crippen molar-refractivity contribution in [2.75, 3.05) is 32.8 Å². The highest BCUT2D eigenvalue weighted by Crippen LogP contribution is 2.57. The monoisotopic (exact) mass is 446 g/mol. The second kappa shape index (κ2) is 8.98. The van der Waals surface area contributed by atoms with E-state index in [0.29, 0.717) is 32.5 Å². The van der Waals surface area contributed by atoms with Gasteiger partial charge in [0.15, 0.2) is 0 Å². The first-order chi connectivity index (χ1) is 15.4. The number of aliphatic hydroxyl groups is 1. The predicted molar refractivity (Wildman–Crippen MR) is 116 cm³/mol. The highest BCUT2D eigenvalue weighted by Gasteiger charge is 2.74. The van der Waals surface area contributed by atoms with Crippen molar-refractivity contribution < 1.29 is 29.0 Å². The summed E-state index contributed by atoms with van der Waals surface area (Å²) in [7, 11) is 0. The summed E-state index contributed by atoms with van der Waals surface area (Å²) >= 11 is 0. The maximum Gasteiger partial charge on any atom is 0.313 e. The summed E-state index contributed by atoms with van der Waals surface area (Å²) in [5.41, 5.74) is -2.22. The molecule has 4 aliphatic rings. The van der Waals surface area contributed by atoms with Gasteiger partial charge in [-0.2, -0.15) is 0 Å². The molecule has 176 valence electrons. The van der Waals surface area contributed by atoms with Gasteiger partial charge in [-0.1, -0.05) is 31.6 Å². The van der Waals surface area contributed by atoms with Crippen molar-refractivity contribution in [3.63, 3.8) is 0 Å². The van der Waals surface area contributed by atoms with Crippen molar-refractivity contribution in [3.8, 4) is 0 Å². The Labute approximate surface area is 189 Å². The number of hydrogen-bond acceptors (Lipinski definition) is 6. The van der Waals surface area contributed by atoms with E-state index in [1.54, 1.807) is 15.9 Å². The Morgan fingerprint density at radius 1 is 1.03 bits per heavy atom. The van der Waals surface area contributed by atoms with E-state index in [2.05, 4.69) is 6.92 Å². The molecule has 4 rings (SSSR count). The van der Waals surface area contributed by atoms with Gasteiger partial charge in [-0.3, -0.25) is 14.4 Å². The Bertz CT molecular complexity index is 825. The molecule has 5 atom stereocenters. The Balaban J connectivity index is 1.75. The normalized spacial score (nSPS) is 36.0. The van der Waals surface area contributed by atoms with Crippen LogP contribution in [0, 0.1) is 11.8 Å². The number of likely N-dealkylation sites (tertiary alicyclic amines) is 1. The molecule has 2 fully saturated rings. The second-order valence-corrected chi connectivity index (χ2v) is 9.39. The summed E-state index contributed by atoms with van der Waals surface area (Å²) in [6.45, 7) is 5.60. The fourth-order valence-electron chi connectivity index (χ4n) is 5.76. The molecule has 32 heavy (non-hydrogen) atoms. The maximum absolute atomic E-state index is 13.8. The van der Waals surface area contributed by atoms with Gasteiger partial charge >= 0.3 is 5.97 Å². The number of amides is 2. The third-order valence-corrected chi connectivity index (χ3v) is 7.23. The molecule has 0 aliphatic carbocycles. The van der Waals surface area contributed by atoms with E-state index in [4.69, 9.17) is 14.6 Å². The van der Waals surface area contributed by atoms with Crippen LogP contribution >= 0.6 is 0 Å². The average Bonchev–Trinajstić information content (AvgIpc) is 3.02. The molecule has 1 spiro atoms. The van der Waals surface area contributed by atoms with Gasteiger partial charge in [-0.15, -0.1) is 0 Å². The van der Waals surface area contributed by atoms with E-state index in [1.165, 1.54) is 0 Å². The summed E-state index contributed by atoms with van der Waals surface area (Å²) in [5.74, 6) is -2.43.